The molecule has 0 aliphatic carbocycles. The van der Waals surface area contributed by atoms with Crippen molar-refractivity contribution in [1.29, 1.82) is 0 Å². The number of hydrogen-bond acceptors (Lipinski definition) is 3. The molecule has 0 radical (unpaired) electrons. The van der Waals surface area contributed by atoms with Crippen LogP contribution in [-0.2, 0) is 0 Å². The summed E-state index contributed by atoms with van der Waals surface area (Å²) in [5.41, 5.74) is 0. The van der Waals surface area contributed by atoms with E-state index in [1.165, 1.54) is 12.4 Å². The highest BCUT2D eigenvalue weighted by atomic mass is 79.9. The molecule has 1 heterocycles. The molecule has 0 saturated carbocycles. The molecule has 0 bridgehead atoms. The number of rotatable bonds is 2. The average Bonchev–Trinajstić information content (AvgIpc) is 2.20. The molecule has 1 N–H and O–H groups in total. The molecule has 76 valence electrons. The second-order valence-electron chi connectivity index (χ2n) is 2.67. The Bertz CT molecular complexity index is 314. The van der Waals surface area contributed by atoms with Crippen molar-refractivity contribution in [1.82, 2.24) is 14.9 Å². The first-order valence-corrected chi connectivity index (χ1v) is 4.92. The van der Waals surface area contributed by atoms with Gasteiger partial charge in [0, 0.05) is 13.6 Å². The van der Waals surface area contributed by atoms with Gasteiger partial charge in [0.15, 0.2) is 5.82 Å². The molecule has 0 aromatic carbocycles. The fourth-order valence-corrected chi connectivity index (χ4v) is 0.930. The summed E-state index contributed by atoms with van der Waals surface area (Å²) in [5, 5.41) is 2.61. The van der Waals surface area contributed by atoms with Crippen LogP contribution in [0.3, 0.4) is 0 Å². The third-order valence-electron chi connectivity index (χ3n) is 1.68. The largest absolute Gasteiger partial charge is 0.328 e. The van der Waals surface area contributed by atoms with E-state index in [1.54, 1.807) is 11.9 Å². The van der Waals surface area contributed by atoms with Crippen molar-refractivity contribution in [2.45, 2.75) is 6.92 Å². The molecule has 0 aliphatic rings. The Hall–Kier alpha value is -1.17. The first kappa shape index (κ1) is 10.9. The summed E-state index contributed by atoms with van der Waals surface area (Å²) >= 11 is 3.16. The highest BCUT2D eigenvalue weighted by Gasteiger charge is 2.06. The van der Waals surface area contributed by atoms with Crippen LogP contribution in [0.25, 0.3) is 0 Å². The van der Waals surface area contributed by atoms with Crippen molar-refractivity contribution in [2.75, 3.05) is 18.9 Å². The smallest absolute Gasteiger partial charge is 0.322 e. The van der Waals surface area contributed by atoms with Gasteiger partial charge >= 0.3 is 6.03 Å². The lowest BCUT2D eigenvalue weighted by atomic mass is 10.6. The maximum Gasteiger partial charge on any atom is 0.322 e. The van der Waals surface area contributed by atoms with Crippen molar-refractivity contribution >= 4 is 27.8 Å². The van der Waals surface area contributed by atoms with Gasteiger partial charge in [0.25, 0.3) is 0 Å². The number of nitrogens with zero attached hydrogens (tertiary/aromatic N) is 3. The van der Waals surface area contributed by atoms with Crippen LogP contribution in [0.5, 0.6) is 0 Å². The van der Waals surface area contributed by atoms with Gasteiger partial charge in [-0.2, -0.15) is 0 Å². The van der Waals surface area contributed by atoms with E-state index in [4.69, 9.17) is 0 Å². The van der Waals surface area contributed by atoms with E-state index in [2.05, 4.69) is 31.2 Å². The highest BCUT2D eigenvalue weighted by Crippen LogP contribution is 2.06. The normalized spacial score (nSPS) is 9.64. The van der Waals surface area contributed by atoms with Crippen molar-refractivity contribution in [3.05, 3.63) is 17.0 Å². The fourth-order valence-electron chi connectivity index (χ4n) is 0.725. The van der Waals surface area contributed by atoms with Gasteiger partial charge in [-0.05, 0) is 22.9 Å². The van der Waals surface area contributed by atoms with Crippen LogP contribution in [0.1, 0.15) is 6.92 Å². The lowest BCUT2D eigenvalue weighted by Crippen LogP contribution is -2.31. The minimum atomic E-state index is -0.191. The molecule has 1 aromatic rings. The summed E-state index contributed by atoms with van der Waals surface area (Å²) in [6, 6.07) is -0.191. The zero-order chi connectivity index (χ0) is 10.6. The highest BCUT2D eigenvalue weighted by molar-refractivity contribution is 9.10. The SMILES string of the molecule is CCN(C)C(=O)Nc1cnc(Br)cn1. The van der Waals surface area contributed by atoms with E-state index in [1.807, 2.05) is 6.92 Å². The van der Waals surface area contributed by atoms with Crippen molar-refractivity contribution in [3.63, 3.8) is 0 Å². The summed E-state index contributed by atoms with van der Waals surface area (Å²) in [5.74, 6) is 0.443. The van der Waals surface area contributed by atoms with Crippen molar-refractivity contribution < 1.29 is 4.79 Å². The number of anilines is 1. The average molecular weight is 259 g/mol. The number of halogens is 1. The number of amides is 2. The van der Waals surface area contributed by atoms with Crippen LogP contribution in [0.15, 0.2) is 17.0 Å². The molecule has 1 aromatic heterocycles. The van der Waals surface area contributed by atoms with Crippen LogP contribution >= 0.6 is 15.9 Å². The monoisotopic (exact) mass is 258 g/mol. The Morgan fingerprint density at radius 1 is 1.57 bits per heavy atom. The van der Waals surface area contributed by atoms with Crippen LogP contribution in [0.2, 0.25) is 0 Å². The summed E-state index contributed by atoms with van der Waals surface area (Å²) in [6.07, 6.45) is 3.02. The molecule has 6 heteroatoms. The second kappa shape index (κ2) is 4.90. The van der Waals surface area contributed by atoms with Gasteiger partial charge in [-0.1, -0.05) is 0 Å². The van der Waals surface area contributed by atoms with E-state index >= 15 is 0 Å². The predicted molar refractivity (Wildman–Crippen MR) is 57.1 cm³/mol. The fraction of sp³-hybridized carbons (Fsp3) is 0.375. The number of urea groups is 1. The van der Waals surface area contributed by atoms with Crippen LogP contribution < -0.4 is 5.32 Å². The lowest BCUT2D eigenvalue weighted by molar-refractivity contribution is 0.224. The number of carbonyl (C=O) groups excluding carboxylic acids is 1. The van der Waals surface area contributed by atoms with E-state index in [0.717, 1.165) is 0 Å². The molecule has 0 spiro atoms. The molecular formula is C8H11BrN4O. The van der Waals surface area contributed by atoms with Gasteiger partial charge in [-0.3, -0.25) is 5.32 Å². The van der Waals surface area contributed by atoms with Gasteiger partial charge in [-0.15, -0.1) is 0 Å². The Labute approximate surface area is 90.7 Å². The first-order chi connectivity index (χ1) is 6.63. The molecule has 0 aliphatic heterocycles. The van der Waals surface area contributed by atoms with Crippen molar-refractivity contribution in [3.8, 4) is 0 Å². The predicted octanol–water partition coefficient (Wildman–Crippen LogP) is 1.72. The quantitative estimate of drug-likeness (QED) is 0.879. The van der Waals surface area contributed by atoms with Gasteiger partial charge < -0.3 is 4.90 Å². The third kappa shape index (κ3) is 2.95. The molecular weight excluding hydrogens is 248 g/mol. The summed E-state index contributed by atoms with van der Waals surface area (Å²) in [7, 11) is 1.71. The molecule has 1 rings (SSSR count). The number of aromatic nitrogens is 2. The first-order valence-electron chi connectivity index (χ1n) is 4.13. The second-order valence-corrected chi connectivity index (χ2v) is 3.48. The van der Waals surface area contributed by atoms with E-state index < -0.39 is 0 Å². The number of hydrogen-bond donors (Lipinski definition) is 1. The van der Waals surface area contributed by atoms with Gasteiger partial charge in [-0.25, -0.2) is 14.8 Å². The topological polar surface area (TPSA) is 58.1 Å². The van der Waals surface area contributed by atoms with E-state index in [9.17, 15) is 4.79 Å². The molecule has 14 heavy (non-hydrogen) atoms. The summed E-state index contributed by atoms with van der Waals surface area (Å²) in [4.78, 5) is 20.8. The molecule has 0 atom stereocenters. The Balaban J connectivity index is 2.60. The van der Waals surface area contributed by atoms with E-state index in [-0.39, 0.29) is 6.03 Å². The lowest BCUT2D eigenvalue weighted by Gasteiger charge is -2.14. The Kier molecular flexibility index (Phi) is 3.82. The molecule has 5 nitrogen and oxygen atoms in total. The Morgan fingerprint density at radius 2 is 2.29 bits per heavy atom. The maximum atomic E-state index is 11.4. The Morgan fingerprint density at radius 3 is 2.79 bits per heavy atom. The zero-order valence-electron chi connectivity index (χ0n) is 7.99. The standard InChI is InChI=1S/C8H11BrN4O/c1-3-13(2)8(14)12-7-5-10-6(9)4-11-7/h4-5H,3H2,1-2H3,(H,11,12,14). The van der Waals surface area contributed by atoms with Crippen LogP contribution in [0.4, 0.5) is 10.6 Å². The van der Waals surface area contributed by atoms with Crippen LogP contribution in [-0.4, -0.2) is 34.5 Å². The summed E-state index contributed by atoms with van der Waals surface area (Å²) in [6.45, 7) is 2.54. The molecule has 0 unspecified atom stereocenters. The molecule has 2 amide bonds. The molecule has 0 saturated heterocycles. The van der Waals surface area contributed by atoms with Gasteiger partial charge in [0.2, 0.25) is 0 Å². The molecule has 0 fully saturated rings. The minimum absolute atomic E-state index is 0.191. The summed E-state index contributed by atoms with van der Waals surface area (Å²) < 4.78 is 0.638. The number of nitrogens with one attached hydrogen (secondary N) is 1. The number of carbonyl (C=O) groups is 1. The minimum Gasteiger partial charge on any atom is -0.328 e. The van der Waals surface area contributed by atoms with Crippen molar-refractivity contribution in [2.24, 2.45) is 0 Å². The zero-order valence-corrected chi connectivity index (χ0v) is 9.58. The maximum absolute atomic E-state index is 11.4. The van der Waals surface area contributed by atoms with Crippen LogP contribution in [0, 0.1) is 0 Å². The van der Waals surface area contributed by atoms with E-state index in [0.29, 0.717) is 17.0 Å². The van der Waals surface area contributed by atoms with Gasteiger partial charge in [0.1, 0.15) is 4.60 Å². The third-order valence-corrected chi connectivity index (χ3v) is 2.09. The van der Waals surface area contributed by atoms with Gasteiger partial charge in [0.05, 0.1) is 12.4 Å².